The molecule has 1 aliphatic rings. The van der Waals surface area contributed by atoms with Gasteiger partial charge in [0.15, 0.2) is 11.5 Å². The van der Waals surface area contributed by atoms with Crippen LogP contribution in [0.15, 0.2) is 36.5 Å². The van der Waals surface area contributed by atoms with Crippen LogP contribution in [0.2, 0.25) is 0 Å². The van der Waals surface area contributed by atoms with Gasteiger partial charge in [-0.25, -0.2) is 4.79 Å². The summed E-state index contributed by atoms with van der Waals surface area (Å²) in [5.74, 6) is 3.05. The van der Waals surface area contributed by atoms with Crippen LogP contribution in [-0.2, 0) is 4.74 Å². The van der Waals surface area contributed by atoms with Gasteiger partial charge in [-0.15, -0.1) is 0 Å². The van der Waals surface area contributed by atoms with Crippen LogP contribution in [0.5, 0.6) is 23.0 Å². The Balaban J connectivity index is 1.52. The van der Waals surface area contributed by atoms with Crippen LogP contribution in [0.1, 0.15) is 36.8 Å². The van der Waals surface area contributed by atoms with E-state index >= 15 is 0 Å². The van der Waals surface area contributed by atoms with Crippen molar-refractivity contribution in [2.45, 2.75) is 39.5 Å². The van der Waals surface area contributed by atoms with E-state index < -0.39 is 6.09 Å². The standard InChI is InChI=1S/C26H30N2O5/c1-16-17(2)22(10-9-20(16)28-26(29)32-15-18-7-5-6-8-18)33-23-11-12-27-21-14-25(31-4)24(30-3)13-19(21)23/h9-14,18H,5-8,15H2,1-4H3,(H,28,29). The van der Waals surface area contributed by atoms with Gasteiger partial charge in [-0.05, 0) is 68.0 Å². The summed E-state index contributed by atoms with van der Waals surface area (Å²) in [6.45, 7) is 4.40. The Morgan fingerprint density at radius 3 is 2.42 bits per heavy atom. The number of nitrogens with one attached hydrogen (secondary N) is 1. The number of amides is 1. The van der Waals surface area contributed by atoms with Crippen LogP contribution in [0.3, 0.4) is 0 Å². The van der Waals surface area contributed by atoms with E-state index in [1.807, 2.05) is 44.2 Å². The molecule has 0 aliphatic heterocycles. The average molecular weight is 451 g/mol. The normalized spacial score (nSPS) is 13.7. The smallest absolute Gasteiger partial charge is 0.411 e. The number of nitrogens with zero attached hydrogens (tertiary/aromatic N) is 1. The van der Waals surface area contributed by atoms with Crippen molar-refractivity contribution in [2.75, 3.05) is 26.1 Å². The third-order valence-electron chi connectivity index (χ3n) is 6.33. The van der Waals surface area contributed by atoms with Crippen LogP contribution in [0.4, 0.5) is 10.5 Å². The van der Waals surface area contributed by atoms with Gasteiger partial charge in [0.25, 0.3) is 0 Å². The number of pyridine rings is 1. The van der Waals surface area contributed by atoms with Crippen molar-refractivity contribution in [3.8, 4) is 23.0 Å². The third-order valence-corrected chi connectivity index (χ3v) is 6.33. The monoisotopic (exact) mass is 450 g/mol. The highest BCUT2D eigenvalue weighted by Crippen LogP contribution is 2.38. The van der Waals surface area contributed by atoms with Gasteiger partial charge in [0, 0.05) is 23.3 Å². The molecule has 2 aromatic carbocycles. The van der Waals surface area contributed by atoms with Crippen LogP contribution in [0, 0.1) is 19.8 Å². The number of hydrogen-bond donors (Lipinski definition) is 1. The lowest BCUT2D eigenvalue weighted by molar-refractivity contribution is 0.142. The van der Waals surface area contributed by atoms with E-state index in [0.717, 1.165) is 34.9 Å². The lowest BCUT2D eigenvalue weighted by Crippen LogP contribution is -2.18. The quantitative estimate of drug-likeness (QED) is 0.449. The minimum absolute atomic E-state index is 0.417. The van der Waals surface area contributed by atoms with Crippen molar-refractivity contribution < 1.29 is 23.7 Å². The van der Waals surface area contributed by atoms with Crippen molar-refractivity contribution in [3.63, 3.8) is 0 Å². The lowest BCUT2D eigenvalue weighted by atomic mass is 10.1. The van der Waals surface area contributed by atoms with Crippen molar-refractivity contribution in [2.24, 2.45) is 5.92 Å². The number of carbonyl (C=O) groups is 1. The van der Waals surface area contributed by atoms with Gasteiger partial charge in [-0.3, -0.25) is 10.3 Å². The molecule has 7 nitrogen and oxygen atoms in total. The lowest BCUT2D eigenvalue weighted by Gasteiger charge is -2.17. The first-order valence-electron chi connectivity index (χ1n) is 11.2. The van der Waals surface area contributed by atoms with Crippen LogP contribution < -0.4 is 19.5 Å². The Bertz CT molecular complexity index is 1160. The number of hydrogen-bond acceptors (Lipinski definition) is 6. The van der Waals surface area contributed by atoms with E-state index in [2.05, 4.69) is 10.3 Å². The molecular formula is C26H30N2O5. The topological polar surface area (TPSA) is 78.9 Å². The van der Waals surface area contributed by atoms with E-state index in [-0.39, 0.29) is 0 Å². The minimum Gasteiger partial charge on any atom is -0.493 e. The molecule has 0 spiro atoms. The van der Waals surface area contributed by atoms with E-state index in [4.69, 9.17) is 18.9 Å². The highest BCUT2D eigenvalue weighted by molar-refractivity contribution is 5.89. The second-order valence-electron chi connectivity index (χ2n) is 8.37. The van der Waals surface area contributed by atoms with Crippen LogP contribution in [0.25, 0.3) is 10.9 Å². The number of fused-ring (bicyclic) bond motifs is 1. The minimum atomic E-state index is -0.417. The molecule has 1 saturated carbocycles. The highest BCUT2D eigenvalue weighted by atomic mass is 16.5. The molecule has 1 heterocycles. The molecular weight excluding hydrogens is 420 g/mol. The zero-order valence-electron chi connectivity index (χ0n) is 19.6. The molecule has 1 N–H and O–H groups in total. The van der Waals surface area contributed by atoms with Gasteiger partial charge in [0.1, 0.15) is 11.5 Å². The maximum absolute atomic E-state index is 12.3. The van der Waals surface area contributed by atoms with Gasteiger partial charge in [0.05, 0.1) is 26.3 Å². The number of rotatable bonds is 7. The highest BCUT2D eigenvalue weighted by Gasteiger charge is 2.18. The first-order valence-corrected chi connectivity index (χ1v) is 11.2. The maximum atomic E-state index is 12.3. The predicted octanol–water partition coefficient (Wildman–Crippen LogP) is 6.40. The van der Waals surface area contributed by atoms with Crippen molar-refractivity contribution in [1.82, 2.24) is 4.98 Å². The van der Waals surface area contributed by atoms with Gasteiger partial charge >= 0.3 is 6.09 Å². The number of anilines is 1. The summed E-state index contributed by atoms with van der Waals surface area (Å²) in [7, 11) is 3.19. The fourth-order valence-electron chi connectivity index (χ4n) is 4.21. The van der Waals surface area contributed by atoms with Gasteiger partial charge in [0.2, 0.25) is 0 Å². The zero-order chi connectivity index (χ0) is 23.4. The third kappa shape index (κ3) is 4.97. The van der Waals surface area contributed by atoms with Gasteiger partial charge < -0.3 is 18.9 Å². The van der Waals surface area contributed by atoms with Gasteiger partial charge in [-0.1, -0.05) is 12.8 Å². The Morgan fingerprint density at radius 1 is 0.970 bits per heavy atom. The summed E-state index contributed by atoms with van der Waals surface area (Å²) in [5.41, 5.74) is 3.29. The molecule has 4 rings (SSSR count). The van der Waals surface area contributed by atoms with E-state index in [0.29, 0.717) is 41.2 Å². The Kier molecular flexibility index (Phi) is 6.87. The molecule has 1 fully saturated rings. The zero-order valence-corrected chi connectivity index (χ0v) is 19.6. The number of methoxy groups -OCH3 is 2. The predicted molar refractivity (Wildman–Crippen MR) is 128 cm³/mol. The first-order chi connectivity index (χ1) is 16.0. The largest absolute Gasteiger partial charge is 0.493 e. The van der Waals surface area contributed by atoms with E-state index in [1.54, 1.807) is 20.4 Å². The van der Waals surface area contributed by atoms with Crippen molar-refractivity contribution in [3.05, 3.63) is 47.7 Å². The summed E-state index contributed by atoms with van der Waals surface area (Å²) in [6.07, 6.45) is 6.01. The Hall–Kier alpha value is -3.48. The molecule has 1 aromatic heterocycles. The Labute approximate surface area is 194 Å². The summed E-state index contributed by atoms with van der Waals surface area (Å²) in [5, 5.41) is 3.68. The number of ether oxygens (including phenoxy) is 4. The summed E-state index contributed by atoms with van der Waals surface area (Å²) >= 11 is 0. The summed E-state index contributed by atoms with van der Waals surface area (Å²) in [4.78, 5) is 16.7. The first kappa shape index (κ1) is 22.7. The fraction of sp³-hybridized carbons (Fsp3) is 0.385. The second kappa shape index (κ2) is 9.98. The summed E-state index contributed by atoms with van der Waals surface area (Å²) in [6, 6.07) is 9.18. The molecule has 0 saturated heterocycles. The number of benzene rings is 2. The van der Waals surface area contributed by atoms with Crippen LogP contribution >= 0.6 is 0 Å². The van der Waals surface area contributed by atoms with Crippen LogP contribution in [-0.4, -0.2) is 31.9 Å². The molecule has 7 heteroatoms. The molecule has 0 atom stereocenters. The molecule has 174 valence electrons. The molecule has 3 aromatic rings. The molecule has 0 radical (unpaired) electrons. The number of carbonyl (C=O) groups excluding carboxylic acids is 1. The average Bonchev–Trinajstić information content (AvgIpc) is 3.35. The molecule has 0 bridgehead atoms. The number of aromatic nitrogens is 1. The van der Waals surface area contributed by atoms with E-state index in [9.17, 15) is 4.79 Å². The molecule has 33 heavy (non-hydrogen) atoms. The molecule has 1 aliphatic carbocycles. The fourth-order valence-corrected chi connectivity index (χ4v) is 4.21. The maximum Gasteiger partial charge on any atom is 0.411 e. The van der Waals surface area contributed by atoms with Gasteiger partial charge in [-0.2, -0.15) is 0 Å². The SMILES string of the molecule is COc1cc2nccc(Oc3ccc(NC(=O)OCC4CCCC4)c(C)c3C)c2cc1OC. The summed E-state index contributed by atoms with van der Waals surface area (Å²) < 4.78 is 22.5. The van der Waals surface area contributed by atoms with E-state index in [1.165, 1.54) is 12.8 Å². The molecule has 0 unspecified atom stereocenters. The molecule has 1 amide bonds. The second-order valence-corrected chi connectivity index (χ2v) is 8.37. The van der Waals surface area contributed by atoms with Crippen molar-refractivity contribution in [1.29, 1.82) is 0 Å². The Morgan fingerprint density at radius 2 is 1.70 bits per heavy atom. The van der Waals surface area contributed by atoms with Crippen molar-refractivity contribution >= 4 is 22.7 Å².